The van der Waals surface area contributed by atoms with Crippen LogP contribution in [0.1, 0.15) is 17.3 Å². The number of H-pyrrole nitrogens is 1. The molecule has 0 spiro atoms. The van der Waals surface area contributed by atoms with E-state index in [1.165, 1.54) is 0 Å². The Morgan fingerprint density at radius 3 is 2.56 bits per heavy atom. The SMILES string of the molecule is COc1ccc(-c2noc(CNS(=O)(=O)c3c(C)n[nH]c3C)n2)cc1. The van der Waals surface area contributed by atoms with E-state index < -0.39 is 10.0 Å². The van der Waals surface area contributed by atoms with Crippen molar-refractivity contribution in [3.8, 4) is 17.1 Å². The average molecular weight is 363 g/mol. The van der Waals surface area contributed by atoms with Gasteiger partial charge >= 0.3 is 0 Å². The van der Waals surface area contributed by atoms with Gasteiger partial charge in [-0.25, -0.2) is 13.1 Å². The predicted molar refractivity (Wildman–Crippen MR) is 88.4 cm³/mol. The first-order valence-corrected chi connectivity index (χ1v) is 8.87. The zero-order valence-corrected chi connectivity index (χ0v) is 14.7. The maximum atomic E-state index is 12.4. The minimum absolute atomic E-state index is 0.116. The number of hydrogen-bond acceptors (Lipinski definition) is 7. The number of benzene rings is 1. The summed E-state index contributed by atoms with van der Waals surface area (Å²) in [6, 6.07) is 7.13. The first-order valence-electron chi connectivity index (χ1n) is 7.39. The molecule has 3 aromatic rings. The molecule has 3 rings (SSSR count). The van der Waals surface area contributed by atoms with Gasteiger partial charge in [-0.3, -0.25) is 5.10 Å². The highest BCUT2D eigenvalue weighted by atomic mass is 32.2. The number of methoxy groups -OCH3 is 1. The number of aromatic amines is 1. The Kier molecular flexibility index (Phi) is 4.55. The van der Waals surface area contributed by atoms with E-state index in [1.54, 1.807) is 45.2 Å². The van der Waals surface area contributed by atoms with Crippen molar-refractivity contribution < 1.29 is 17.7 Å². The van der Waals surface area contributed by atoms with Crippen molar-refractivity contribution >= 4 is 10.0 Å². The van der Waals surface area contributed by atoms with Crippen LogP contribution in [0.15, 0.2) is 33.7 Å². The summed E-state index contributed by atoms with van der Waals surface area (Å²) in [7, 11) is -2.15. The van der Waals surface area contributed by atoms with Crippen molar-refractivity contribution in [3.63, 3.8) is 0 Å². The fraction of sp³-hybridized carbons (Fsp3) is 0.267. The summed E-state index contributed by atoms with van der Waals surface area (Å²) in [6.07, 6.45) is 0. The number of nitrogens with one attached hydrogen (secondary N) is 2. The summed E-state index contributed by atoms with van der Waals surface area (Å²) in [5.41, 5.74) is 1.60. The number of sulfonamides is 1. The zero-order chi connectivity index (χ0) is 18.0. The molecule has 0 bridgehead atoms. The highest BCUT2D eigenvalue weighted by Gasteiger charge is 2.23. The lowest BCUT2D eigenvalue weighted by Gasteiger charge is -2.04. The number of aromatic nitrogens is 4. The van der Waals surface area contributed by atoms with Gasteiger partial charge in [0.2, 0.25) is 21.7 Å². The molecule has 0 radical (unpaired) electrons. The molecule has 0 saturated heterocycles. The largest absolute Gasteiger partial charge is 0.497 e. The van der Waals surface area contributed by atoms with Gasteiger partial charge in [0.15, 0.2) is 0 Å². The lowest BCUT2D eigenvalue weighted by Crippen LogP contribution is -2.24. The normalized spacial score (nSPS) is 11.6. The number of nitrogens with zero attached hydrogens (tertiary/aromatic N) is 3. The van der Waals surface area contributed by atoms with Gasteiger partial charge in [-0.15, -0.1) is 0 Å². The number of rotatable bonds is 6. The molecule has 2 heterocycles. The van der Waals surface area contributed by atoms with Crippen LogP contribution in [0.2, 0.25) is 0 Å². The molecule has 1 aromatic carbocycles. The van der Waals surface area contributed by atoms with Crippen molar-refractivity contribution in [1.29, 1.82) is 0 Å². The van der Waals surface area contributed by atoms with Crippen LogP contribution in [-0.4, -0.2) is 35.9 Å². The zero-order valence-electron chi connectivity index (χ0n) is 13.9. The minimum Gasteiger partial charge on any atom is -0.497 e. The highest BCUT2D eigenvalue weighted by Crippen LogP contribution is 2.20. The van der Waals surface area contributed by atoms with Gasteiger partial charge in [0, 0.05) is 5.56 Å². The molecule has 0 aliphatic heterocycles. The van der Waals surface area contributed by atoms with E-state index in [0.717, 1.165) is 5.56 Å². The summed E-state index contributed by atoms with van der Waals surface area (Å²) < 4.78 is 37.4. The van der Waals surface area contributed by atoms with Crippen LogP contribution in [0, 0.1) is 13.8 Å². The smallest absolute Gasteiger partial charge is 0.244 e. The molecule has 0 fully saturated rings. The van der Waals surface area contributed by atoms with Crippen molar-refractivity contribution in [2.75, 3.05) is 7.11 Å². The third-order valence-electron chi connectivity index (χ3n) is 3.56. The van der Waals surface area contributed by atoms with Crippen molar-refractivity contribution in [2.45, 2.75) is 25.3 Å². The molecular formula is C15H17N5O4S. The molecule has 0 saturated carbocycles. The van der Waals surface area contributed by atoms with Gasteiger partial charge in [-0.2, -0.15) is 10.1 Å². The molecule has 0 amide bonds. The highest BCUT2D eigenvalue weighted by molar-refractivity contribution is 7.89. The maximum absolute atomic E-state index is 12.4. The molecule has 0 unspecified atom stereocenters. The monoisotopic (exact) mass is 363 g/mol. The first kappa shape index (κ1) is 17.1. The average Bonchev–Trinajstić information content (AvgIpc) is 3.20. The quantitative estimate of drug-likeness (QED) is 0.681. The Bertz CT molecular complexity index is 956. The van der Waals surface area contributed by atoms with E-state index in [2.05, 4.69) is 25.1 Å². The Morgan fingerprint density at radius 1 is 1.24 bits per heavy atom. The molecule has 0 aliphatic rings. The van der Waals surface area contributed by atoms with Gasteiger partial charge in [0.25, 0.3) is 0 Å². The van der Waals surface area contributed by atoms with E-state index in [4.69, 9.17) is 9.26 Å². The van der Waals surface area contributed by atoms with Crippen molar-refractivity contribution in [1.82, 2.24) is 25.1 Å². The second-order valence-electron chi connectivity index (χ2n) is 5.33. The minimum atomic E-state index is -3.73. The van der Waals surface area contributed by atoms with Crippen LogP contribution < -0.4 is 9.46 Å². The van der Waals surface area contributed by atoms with Crippen LogP contribution in [0.4, 0.5) is 0 Å². The van der Waals surface area contributed by atoms with E-state index >= 15 is 0 Å². The van der Waals surface area contributed by atoms with Crippen molar-refractivity contribution in [3.05, 3.63) is 41.5 Å². The first-order chi connectivity index (χ1) is 11.9. The van der Waals surface area contributed by atoms with Crippen LogP contribution in [0.5, 0.6) is 5.75 Å². The molecule has 0 atom stereocenters. The second kappa shape index (κ2) is 6.65. The summed E-state index contributed by atoms with van der Waals surface area (Å²) in [5.74, 6) is 1.24. The molecule has 25 heavy (non-hydrogen) atoms. The van der Waals surface area contributed by atoms with Crippen molar-refractivity contribution in [2.24, 2.45) is 0 Å². The Hall–Kier alpha value is -2.72. The third-order valence-corrected chi connectivity index (χ3v) is 5.22. The van der Waals surface area contributed by atoms with Crippen LogP contribution in [-0.2, 0) is 16.6 Å². The predicted octanol–water partition coefficient (Wildman–Crippen LogP) is 1.56. The summed E-state index contributed by atoms with van der Waals surface area (Å²) in [4.78, 5) is 4.32. The third kappa shape index (κ3) is 3.54. The molecule has 2 N–H and O–H groups in total. The molecule has 9 nitrogen and oxygen atoms in total. The Balaban J connectivity index is 1.73. The lowest BCUT2D eigenvalue weighted by molar-refractivity contribution is 0.376. The summed E-state index contributed by atoms with van der Waals surface area (Å²) in [6.45, 7) is 3.14. The van der Waals surface area contributed by atoms with Crippen LogP contribution in [0.25, 0.3) is 11.4 Å². The number of aryl methyl sites for hydroxylation is 2. The van der Waals surface area contributed by atoms with E-state index in [1.807, 2.05) is 0 Å². The number of hydrogen-bond donors (Lipinski definition) is 2. The van der Waals surface area contributed by atoms with E-state index in [-0.39, 0.29) is 17.3 Å². The van der Waals surface area contributed by atoms with Gasteiger partial charge in [0.1, 0.15) is 10.6 Å². The summed E-state index contributed by atoms with van der Waals surface area (Å²) in [5, 5.41) is 10.4. The van der Waals surface area contributed by atoms with Crippen LogP contribution >= 0.6 is 0 Å². The lowest BCUT2D eigenvalue weighted by atomic mass is 10.2. The number of ether oxygens (including phenoxy) is 1. The Labute approximate surface area is 144 Å². The molecular weight excluding hydrogens is 346 g/mol. The molecule has 2 aromatic heterocycles. The second-order valence-corrected chi connectivity index (χ2v) is 7.03. The van der Waals surface area contributed by atoms with Gasteiger partial charge in [-0.1, -0.05) is 5.16 Å². The van der Waals surface area contributed by atoms with Gasteiger partial charge in [0.05, 0.1) is 25.0 Å². The molecule has 132 valence electrons. The standard InChI is InChI=1S/C15H17N5O4S/c1-9-14(10(2)19-18-9)25(21,22)16-8-13-17-15(20-24-13)11-4-6-12(23-3)7-5-11/h4-7,16H,8H2,1-3H3,(H,18,19). The fourth-order valence-electron chi connectivity index (χ4n) is 2.35. The van der Waals surface area contributed by atoms with E-state index in [0.29, 0.717) is 23.0 Å². The maximum Gasteiger partial charge on any atom is 0.244 e. The molecule has 0 aliphatic carbocycles. The molecule has 10 heteroatoms. The van der Waals surface area contributed by atoms with Gasteiger partial charge < -0.3 is 9.26 Å². The van der Waals surface area contributed by atoms with Gasteiger partial charge in [-0.05, 0) is 38.1 Å². The fourth-order valence-corrected chi connectivity index (χ4v) is 3.69. The van der Waals surface area contributed by atoms with Crippen LogP contribution in [0.3, 0.4) is 0 Å². The Morgan fingerprint density at radius 2 is 1.96 bits per heavy atom. The van der Waals surface area contributed by atoms with E-state index in [9.17, 15) is 8.42 Å². The topological polar surface area (TPSA) is 123 Å². The summed E-state index contributed by atoms with van der Waals surface area (Å²) >= 11 is 0.